The quantitative estimate of drug-likeness (QED) is 0.293. The molecule has 0 radical (unpaired) electrons. The van der Waals surface area contributed by atoms with Crippen LogP contribution in [0.3, 0.4) is 0 Å². The number of ether oxygens (including phenoxy) is 1. The minimum absolute atomic E-state index is 0.0427. The fourth-order valence-corrected chi connectivity index (χ4v) is 3.82. The molecule has 2 aliphatic carbocycles. The summed E-state index contributed by atoms with van der Waals surface area (Å²) in [5.41, 5.74) is 2.02. The lowest BCUT2D eigenvalue weighted by Gasteiger charge is -2.26. The molecule has 1 unspecified atom stereocenters. The Kier molecular flexibility index (Phi) is 7.04. The van der Waals surface area contributed by atoms with Crippen molar-refractivity contribution in [1.29, 1.82) is 5.41 Å². The predicted molar refractivity (Wildman–Crippen MR) is 111 cm³/mol. The first-order valence-corrected chi connectivity index (χ1v) is 10.7. The third kappa shape index (κ3) is 6.11. The Labute approximate surface area is 171 Å². The average molecular weight is 411 g/mol. The molecule has 27 heavy (non-hydrogen) atoms. The fraction of sp³-hybridized carbons (Fsp3) is 0.619. The van der Waals surface area contributed by atoms with Gasteiger partial charge in [0, 0.05) is 23.8 Å². The zero-order chi connectivity index (χ0) is 19.4. The van der Waals surface area contributed by atoms with E-state index in [0.717, 1.165) is 30.5 Å². The third-order valence-corrected chi connectivity index (χ3v) is 6.00. The first-order chi connectivity index (χ1) is 13.0. The summed E-state index contributed by atoms with van der Waals surface area (Å²) in [4.78, 5) is 14.1. The number of benzene rings is 1. The summed E-state index contributed by atoms with van der Waals surface area (Å²) in [6.07, 6.45) is 6.08. The van der Waals surface area contributed by atoms with Gasteiger partial charge in [-0.05, 0) is 81.0 Å². The molecule has 148 valence electrons. The second-order valence-corrected chi connectivity index (χ2v) is 8.64. The number of nitrogens with one attached hydrogen (secondary N) is 1. The van der Waals surface area contributed by atoms with Gasteiger partial charge in [-0.2, -0.15) is 0 Å². The van der Waals surface area contributed by atoms with Crippen molar-refractivity contribution in [3.8, 4) is 0 Å². The van der Waals surface area contributed by atoms with Crippen LogP contribution in [0.4, 0.5) is 5.69 Å². The molecule has 0 aliphatic heterocycles. The smallest absolute Gasteiger partial charge is 0.351 e. The molecule has 1 aromatic carbocycles. The summed E-state index contributed by atoms with van der Waals surface area (Å²) in [5, 5.41) is 8.11. The van der Waals surface area contributed by atoms with Crippen molar-refractivity contribution in [1.82, 2.24) is 0 Å². The number of alkyl halides is 1. The Morgan fingerprint density at radius 1 is 1.26 bits per heavy atom. The van der Waals surface area contributed by atoms with Gasteiger partial charge in [-0.15, -0.1) is 11.6 Å². The number of rotatable bonds is 11. The lowest BCUT2D eigenvalue weighted by molar-refractivity contribution is -0.135. The van der Waals surface area contributed by atoms with Gasteiger partial charge in [-0.25, -0.2) is 4.79 Å². The van der Waals surface area contributed by atoms with Crippen LogP contribution in [0.2, 0.25) is 5.02 Å². The first-order valence-electron chi connectivity index (χ1n) is 9.91. The summed E-state index contributed by atoms with van der Waals surface area (Å²) in [6.45, 7) is 4.23. The van der Waals surface area contributed by atoms with Crippen molar-refractivity contribution in [3.05, 3.63) is 28.8 Å². The highest BCUT2D eigenvalue weighted by atomic mass is 35.5. The van der Waals surface area contributed by atoms with Crippen LogP contribution in [0.15, 0.2) is 18.2 Å². The zero-order valence-corrected chi connectivity index (χ0v) is 17.4. The van der Waals surface area contributed by atoms with Crippen molar-refractivity contribution in [3.63, 3.8) is 0 Å². The van der Waals surface area contributed by atoms with Crippen LogP contribution < -0.4 is 4.90 Å². The molecule has 3 rings (SSSR count). The maximum atomic E-state index is 11.6. The minimum Gasteiger partial charge on any atom is -0.462 e. The van der Waals surface area contributed by atoms with Gasteiger partial charge >= 0.3 is 5.97 Å². The van der Waals surface area contributed by atoms with Crippen LogP contribution >= 0.6 is 23.2 Å². The molecule has 1 aromatic rings. The number of esters is 1. The maximum absolute atomic E-state index is 11.6. The van der Waals surface area contributed by atoms with E-state index < -0.39 is 5.97 Å². The average Bonchev–Trinajstić information content (AvgIpc) is 3.56. The number of hydrogen-bond acceptors (Lipinski definition) is 4. The SMILES string of the molecule is CCOC(=O)C(=N)CCC(Cl)c1cc(N(CC2CC2)CC2CC2)ccc1Cl. The molecule has 0 heterocycles. The molecular weight excluding hydrogens is 383 g/mol. The van der Waals surface area contributed by atoms with E-state index in [-0.39, 0.29) is 24.1 Å². The van der Waals surface area contributed by atoms with Crippen LogP contribution in [-0.4, -0.2) is 31.4 Å². The Bertz CT molecular complexity index is 673. The van der Waals surface area contributed by atoms with Gasteiger partial charge in [0.2, 0.25) is 0 Å². The molecule has 6 heteroatoms. The van der Waals surface area contributed by atoms with Crippen molar-refractivity contribution in [2.24, 2.45) is 11.8 Å². The molecule has 2 saturated carbocycles. The number of carbonyl (C=O) groups excluding carboxylic acids is 1. The summed E-state index contributed by atoms with van der Waals surface area (Å²) in [5.74, 6) is 1.07. The topological polar surface area (TPSA) is 53.4 Å². The van der Waals surface area contributed by atoms with Crippen LogP contribution in [0, 0.1) is 17.2 Å². The van der Waals surface area contributed by atoms with E-state index >= 15 is 0 Å². The van der Waals surface area contributed by atoms with Crippen LogP contribution in [0.5, 0.6) is 0 Å². The van der Waals surface area contributed by atoms with Crippen molar-refractivity contribution in [2.45, 2.75) is 50.8 Å². The summed E-state index contributed by atoms with van der Waals surface area (Å²) < 4.78 is 4.86. The Morgan fingerprint density at radius 3 is 2.44 bits per heavy atom. The lowest BCUT2D eigenvalue weighted by atomic mass is 10.0. The Morgan fingerprint density at radius 2 is 1.89 bits per heavy atom. The molecule has 0 spiro atoms. The molecule has 0 bridgehead atoms. The van der Waals surface area contributed by atoms with Crippen LogP contribution in [0.25, 0.3) is 0 Å². The number of halogens is 2. The van der Waals surface area contributed by atoms with Crippen molar-refractivity contribution >= 4 is 40.6 Å². The molecule has 2 fully saturated rings. The van der Waals surface area contributed by atoms with E-state index in [4.69, 9.17) is 33.3 Å². The molecular formula is C21H28Cl2N2O2. The normalized spacial score (nSPS) is 17.4. The van der Waals surface area contributed by atoms with E-state index in [1.165, 1.54) is 31.4 Å². The highest BCUT2D eigenvalue weighted by Gasteiger charge is 2.30. The molecule has 2 aliphatic rings. The van der Waals surface area contributed by atoms with Crippen LogP contribution in [-0.2, 0) is 9.53 Å². The summed E-state index contributed by atoms with van der Waals surface area (Å²) in [7, 11) is 0. The number of nitrogens with zero attached hydrogens (tertiary/aromatic N) is 1. The van der Waals surface area contributed by atoms with E-state index in [1.54, 1.807) is 6.92 Å². The second kappa shape index (κ2) is 9.29. The van der Waals surface area contributed by atoms with Crippen LogP contribution in [0.1, 0.15) is 56.4 Å². The molecule has 0 aromatic heterocycles. The Balaban J connectivity index is 1.65. The standard InChI is InChI=1S/C21H28Cl2N2O2/c1-2-27-21(26)20(24)10-9-19(23)17-11-16(7-8-18(17)22)25(12-14-3-4-14)13-15-5-6-15/h7-8,11,14-15,19,24H,2-6,9-10,12-13H2,1H3. The lowest BCUT2D eigenvalue weighted by Crippen LogP contribution is -2.28. The summed E-state index contributed by atoms with van der Waals surface area (Å²) in [6, 6.07) is 6.10. The van der Waals surface area contributed by atoms with Crippen molar-refractivity contribution < 1.29 is 9.53 Å². The minimum atomic E-state index is -0.568. The Hall–Kier alpha value is -1.26. The van der Waals surface area contributed by atoms with E-state index in [0.29, 0.717) is 11.4 Å². The van der Waals surface area contributed by atoms with Gasteiger partial charge in [-0.1, -0.05) is 11.6 Å². The number of carbonyl (C=O) groups is 1. The zero-order valence-electron chi connectivity index (χ0n) is 15.8. The number of hydrogen-bond donors (Lipinski definition) is 1. The highest BCUT2D eigenvalue weighted by Crippen LogP contribution is 2.38. The molecule has 0 amide bonds. The van der Waals surface area contributed by atoms with Gasteiger partial charge in [-0.3, -0.25) is 5.41 Å². The summed E-state index contributed by atoms with van der Waals surface area (Å²) >= 11 is 13.0. The molecule has 4 nitrogen and oxygen atoms in total. The molecule has 1 atom stereocenters. The monoisotopic (exact) mass is 410 g/mol. The predicted octanol–water partition coefficient (Wildman–Crippen LogP) is 5.61. The number of anilines is 1. The van der Waals surface area contributed by atoms with Gasteiger partial charge in [0.05, 0.1) is 12.0 Å². The molecule has 0 saturated heterocycles. The van der Waals surface area contributed by atoms with Gasteiger partial charge < -0.3 is 9.64 Å². The first kappa shape index (κ1) is 20.5. The van der Waals surface area contributed by atoms with E-state index in [1.807, 2.05) is 6.07 Å². The maximum Gasteiger partial charge on any atom is 0.351 e. The van der Waals surface area contributed by atoms with E-state index in [2.05, 4.69) is 17.0 Å². The van der Waals surface area contributed by atoms with Gasteiger partial charge in [0.15, 0.2) is 0 Å². The fourth-order valence-electron chi connectivity index (χ4n) is 3.22. The van der Waals surface area contributed by atoms with Gasteiger partial charge in [0.1, 0.15) is 5.71 Å². The molecule has 1 N–H and O–H groups in total. The van der Waals surface area contributed by atoms with Gasteiger partial charge in [0.25, 0.3) is 0 Å². The largest absolute Gasteiger partial charge is 0.462 e. The second-order valence-electron chi connectivity index (χ2n) is 7.70. The highest BCUT2D eigenvalue weighted by molar-refractivity contribution is 6.35. The van der Waals surface area contributed by atoms with E-state index in [9.17, 15) is 4.79 Å². The third-order valence-electron chi connectivity index (χ3n) is 5.20. The van der Waals surface area contributed by atoms with Crippen molar-refractivity contribution in [2.75, 3.05) is 24.6 Å².